The van der Waals surface area contributed by atoms with Gasteiger partial charge in [0.2, 0.25) is 0 Å². The Bertz CT molecular complexity index is 490. The number of hydrogen-bond donors (Lipinski definition) is 1. The topological polar surface area (TPSA) is 65.4 Å². The van der Waals surface area contributed by atoms with Crippen molar-refractivity contribution in [1.82, 2.24) is 15.2 Å². The summed E-state index contributed by atoms with van der Waals surface area (Å²) in [6.45, 7) is 2.02. The van der Waals surface area contributed by atoms with Gasteiger partial charge in [-0.25, -0.2) is 4.98 Å². The first-order chi connectivity index (χ1) is 7.33. The maximum absolute atomic E-state index is 8.65. The molecule has 0 radical (unpaired) electrons. The van der Waals surface area contributed by atoms with Crippen molar-refractivity contribution < 1.29 is 0 Å². The minimum Gasteiger partial charge on any atom is -0.263 e. The van der Waals surface area contributed by atoms with Crippen molar-refractivity contribution in [3.63, 3.8) is 0 Å². The van der Waals surface area contributed by atoms with E-state index in [1.54, 1.807) is 12.1 Å². The highest BCUT2D eigenvalue weighted by Crippen LogP contribution is 2.15. The smallest absolute Gasteiger partial charge is 0.181 e. The molecule has 4 nitrogen and oxygen atoms in total. The van der Waals surface area contributed by atoms with Crippen LogP contribution in [-0.4, -0.2) is 15.2 Å². The molecule has 0 saturated carbocycles. The molecule has 15 heavy (non-hydrogen) atoms. The lowest BCUT2D eigenvalue weighted by atomic mass is 10.1. The lowest BCUT2D eigenvalue weighted by Crippen LogP contribution is -1.83. The lowest BCUT2D eigenvalue weighted by molar-refractivity contribution is 0.946. The zero-order valence-electron chi connectivity index (χ0n) is 8.36. The molecule has 0 aliphatic heterocycles. The van der Waals surface area contributed by atoms with Gasteiger partial charge in [-0.3, -0.25) is 5.10 Å². The van der Waals surface area contributed by atoms with Crippen LogP contribution in [0.25, 0.3) is 11.4 Å². The molecule has 1 N–H and O–H groups in total. The van der Waals surface area contributed by atoms with Gasteiger partial charge in [0.1, 0.15) is 5.82 Å². The molecule has 74 valence electrons. The average molecular weight is 198 g/mol. The van der Waals surface area contributed by atoms with Gasteiger partial charge in [0.15, 0.2) is 5.82 Å². The number of aromatic nitrogens is 3. The normalized spacial score (nSPS) is 9.87. The molecular weight excluding hydrogens is 188 g/mol. The molecule has 2 rings (SSSR count). The second kappa shape index (κ2) is 3.93. The van der Waals surface area contributed by atoms with Crippen LogP contribution in [-0.2, 0) is 6.42 Å². The Morgan fingerprint density at radius 1 is 1.33 bits per heavy atom. The largest absolute Gasteiger partial charge is 0.263 e. The summed E-state index contributed by atoms with van der Waals surface area (Å²) in [5.74, 6) is 1.55. The Kier molecular flexibility index (Phi) is 2.46. The minimum atomic E-state index is 0.644. The van der Waals surface area contributed by atoms with Crippen molar-refractivity contribution in [3.05, 3.63) is 35.7 Å². The fourth-order valence-electron chi connectivity index (χ4n) is 1.28. The van der Waals surface area contributed by atoms with Gasteiger partial charge in [-0.1, -0.05) is 6.92 Å². The van der Waals surface area contributed by atoms with Gasteiger partial charge in [0.05, 0.1) is 11.6 Å². The number of aromatic amines is 1. The number of nitrogens with zero attached hydrogens (tertiary/aromatic N) is 3. The maximum Gasteiger partial charge on any atom is 0.181 e. The molecule has 0 amide bonds. The molecule has 0 unspecified atom stereocenters. The van der Waals surface area contributed by atoms with Gasteiger partial charge >= 0.3 is 0 Å². The van der Waals surface area contributed by atoms with E-state index in [4.69, 9.17) is 5.26 Å². The van der Waals surface area contributed by atoms with Crippen LogP contribution in [0.5, 0.6) is 0 Å². The molecule has 0 fully saturated rings. The minimum absolute atomic E-state index is 0.644. The highest BCUT2D eigenvalue weighted by molar-refractivity contribution is 5.55. The summed E-state index contributed by atoms with van der Waals surface area (Å²) in [6.07, 6.45) is 0.837. The number of nitriles is 1. The number of nitrogens with one attached hydrogen (secondary N) is 1. The third kappa shape index (κ3) is 1.86. The summed E-state index contributed by atoms with van der Waals surface area (Å²) in [4.78, 5) is 4.30. The highest BCUT2D eigenvalue weighted by atomic mass is 15.2. The van der Waals surface area contributed by atoms with Crippen molar-refractivity contribution in [2.45, 2.75) is 13.3 Å². The first kappa shape index (κ1) is 9.41. The van der Waals surface area contributed by atoms with E-state index in [2.05, 4.69) is 21.3 Å². The van der Waals surface area contributed by atoms with Crippen molar-refractivity contribution in [1.29, 1.82) is 5.26 Å². The first-order valence-electron chi connectivity index (χ1n) is 4.75. The second-order valence-electron chi connectivity index (χ2n) is 3.15. The molecule has 4 heteroatoms. The molecule has 0 saturated heterocycles. The summed E-state index contributed by atoms with van der Waals surface area (Å²) in [5.41, 5.74) is 1.56. The maximum atomic E-state index is 8.65. The van der Waals surface area contributed by atoms with Crippen molar-refractivity contribution >= 4 is 0 Å². The van der Waals surface area contributed by atoms with Gasteiger partial charge in [-0.05, 0) is 24.3 Å². The highest BCUT2D eigenvalue weighted by Gasteiger charge is 2.03. The third-order valence-corrected chi connectivity index (χ3v) is 2.14. The summed E-state index contributed by atoms with van der Waals surface area (Å²) < 4.78 is 0. The van der Waals surface area contributed by atoms with E-state index < -0.39 is 0 Å². The van der Waals surface area contributed by atoms with Gasteiger partial charge in [0.25, 0.3) is 0 Å². The number of hydrogen-bond acceptors (Lipinski definition) is 3. The van der Waals surface area contributed by atoms with E-state index in [0.717, 1.165) is 17.8 Å². The van der Waals surface area contributed by atoms with Crippen LogP contribution in [0, 0.1) is 11.3 Å². The second-order valence-corrected chi connectivity index (χ2v) is 3.15. The molecule has 0 bridgehead atoms. The Morgan fingerprint density at radius 2 is 2.07 bits per heavy atom. The van der Waals surface area contributed by atoms with Gasteiger partial charge in [-0.2, -0.15) is 10.4 Å². The van der Waals surface area contributed by atoms with Crippen LogP contribution in [0.1, 0.15) is 18.3 Å². The van der Waals surface area contributed by atoms with Crippen LogP contribution >= 0.6 is 0 Å². The van der Waals surface area contributed by atoms with E-state index in [0.29, 0.717) is 11.4 Å². The van der Waals surface area contributed by atoms with Crippen molar-refractivity contribution in [2.24, 2.45) is 0 Å². The summed E-state index contributed by atoms with van der Waals surface area (Å²) >= 11 is 0. The molecule has 0 aliphatic carbocycles. The van der Waals surface area contributed by atoms with Crippen LogP contribution in [0.2, 0.25) is 0 Å². The lowest BCUT2D eigenvalue weighted by Gasteiger charge is -1.93. The number of rotatable bonds is 2. The molecular formula is C11H10N4. The average Bonchev–Trinajstić information content (AvgIpc) is 2.78. The van der Waals surface area contributed by atoms with Crippen molar-refractivity contribution in [3.8, 4) is 17.5 Å². The predicted molar refractivity (Wildman–Crippen MR) is 55.9 cm³/mol. The van der Waals surface area contributed by atoms with Gasteiger partial charge in [-0.15, -0.1) is 0 Å². The van der Waals surface area contributed by atoms with Gasteiger partial charge in [0, 0.05) is 12.0 Å². The van der Waals surface area contributed by atoms with E-state index >= 15 is 0 Å². The molecule has 1 aromatic heterocycles. The monoisotopic (exact) mass is 198 g/mol. The SMILES string of the molecule is CCc1nc(-c2ccc(C#N)cc2)n[nH]1. The summed E-state index contributed by atoms with van der Waals surface area (Å²) in [7, 11) is 0. The standard InChI is InChI=1S/C11H10N4/c1-2-10-13-11(15-14-10)9-5-3-8(7-12)4-6-9/h3-6H,2H2,1H3,(H,13,14,15). The number of H-pyrrole nitrogens is 1. The third-order valence-electron chi connectivity index (χ3n) is 2.14. The molecule has 2 aromatic rings. The quantitative estimate of drug-likeness (QED) is 0.801. The fraction of sp³-hybridized carbons (Fsp3) is 0.182. The van der Waals surface area contributed by atoms with E-state index in [1.165, 1.54) is 0 Å². The zero-order chi connectivity index (χ0) is 10.7. The van der Waals surface area contributed by atoms with Crippen LogP contribution in [0.15, 0.2) is 24.3 Å². The fourth-order valence-corrected chi connectivity index (χ4v) is 1.28. The van der Waals surface area contributed by atoms with Crippen LogP contribution in [0.4, 0.5) is 0 Å². The Hall–Kier alpha value is -2.15. The van der Waals surface area contributed by atoms with E-state index in [1.807, 2.05) is 19.1 Å². The van der Waals surface area contributed by atoms with Crippen LogP contribution < -0.4 is 0 Å². The summed E-state index contributed by atoms with van der Waals surface area (Å²) in [6, 6.07) is 9.29. The molecule has 1 heterocycles. The molecule has 0 atom stereocenters. The molecule has 1 aromatic carbocycles. The van der Waals surface area contributed by atoms with Gasteiger partial charge < -0.3 is 0 Å². The predicted octanol–water partition coefficient (Wildman–Crippen LogP) is 1.91. The van der Waals surface area contributed by atoms with Crippen LogP contribution in [0.3, 0.4) is 0 Å². The Balaban J connectivity index is 2.33. The first-order valence-corrected chi connectivity index (χ1v) is 4.75. The molecule has 0 spiro atoms. The summed E-state index contributed by atoms with van der Waals surface area (Å²) in [5, 5.41) is 15.6. The Labute approximate surface area is 87.6 Å². The van der Waals surface area contributed by atoms with E-state index in [-0.39, 0.29) is 0 Å². The number of benzene rings is 1. The number of aryl methyl sites for hydroxylation is 1. The zero-order valence-corrected chi connectivity index (χ0v) is 8.36. The van der Waals surface area contributed by atoms with Crippen molar-refractivity contribution in [2.75, 3.05) is 0 Å². The Morgan fingerprint density at radius 3 is 2.60 bits per heavy atom. The molecule has 0 aliphatic rings. The van der Waals surface area contributed by atoms with E-state index in [9.17, 15) is 0 Å².